The predicted octanol–water partition coefficient (Wildman–Crippen LogP) is 0.859. The van der Waals surface area contributed by atoms with Crippen LogP contribution in [0.4, 0.5) is 13.2 Å². The number of halogens is 3. The molecule has 2 N–H and O–H groups in total. The van der Waals surface area contributed by atoms with Gasteiger partial charge in [-0.05, 0) is 25.7 Å². The number of hydrogen-bond acceptors (Lipinski definition) is 3. The van der Waals surface area contributed by atoms with E-state index in [0.29, 0.717) is 0 Å². The fourth-order valence-corrected chi connectivity index (χ4v) is 2.02. The van der Waals surface area contributed by atoms with Crippen molar-refractivity contribution in [1.29, 1.82) is 0 Å². The molecule has 2 aliphatic rings. The first-order valence-electron chi connectivity index (χ1n) is 5.60. The van der Waals surface area contributed by atoms with Crippen molar-refractivity contribution in [2.24, 2.45) is 11.7 Å². The van der Waals surface area contributed by atoms with Crippen LogP contribution in [-0.4, -0.2) is 41.9 Å². The molecule has 7 heteroatoms. The summed E-state index contributed by atoms with van der Waals surface area (Å²) in [4.78, 5) is 13.2. The molecule has 1 saturated heterocycles. The quantitative estimate of drug-likeness (QED) is 0.810. The lowest BCUT2D eigenvalue weighted by atomic mass is 9.98. The van der Waals surface area contributed by atoms with E-state index in [9.17, 15) is 18.0 Å². The van der Waals surface area contributed by atoms with Gasteiger partial charge in [-0.15, -0.1) is 13.2 Å². The molecule has 1 saturated carbocycles. The second-order valence-corrected chi connectivity index (χ2v) is 4.70. The predicted molar refractivity (Wildman–Crippen MR) is 52.8 cm³/mol. The Labute approximate surface area is 96.9 Å². The van der Waals surface area contributed by atoms with E-state index in [0.717, 1.165) is 12.8 Å². The summed E-state index contributed by atoms with van der Waals surface area (Å²) in [5, 5.41) is 0. The summed E-state index contributed by atoms with van der Waals surface area (Å²) in [5.41, 5.74) is 5.71. The zero-order valence-electron chi connectivity index (χ0n) is 9.41. The molecule has 1 heterocycles. The molecule has 3 atom stereocenters. The summed E-state index contributed by atoms with van der Waals surface area (Å²) in [6.07, 6.45) is -3.76. The Morgan fingerprint density at radius 2 is 2.06 bits per heavy atom. The van der Waals surface area contributed by atoms with E-state index < -0.39 is 24.6 Å². The van der Waals surface area contributed by atoms with Gasteiger partial charge in [-0.25, -0.2) is 0 Å². The number of ether oxygens (including phenoxy) is 1. The van der Waals surface area contributed by atoms with Crippen LogP contribution in [0.3, 0.4) is 0 Å². The van der Waals surface area contributed by atoms with Crippen molar-refractivity contribution in [3.8, 4) is 0 Å². The van der Waals surface area contributed by atoms with E-state index in [1.165, 1.54) is 11.8 Å². The Kier molecular flexibility index (Phi) is 3.07. The van der Waals surface area contributed by atoms with E-state index >= 15 is 0 Å². The van der Waals surface area contributed by atoms with Crippen LogP contribution < -0.4 is 5.73 Å². The molecule has 2 fully saturated rings. The monoisotopic (exact) mass is 252 g/mol. The SMILES string of the molecule is C[C@H]1[C@@H](OC(F)(F)F)CN1C(=O)[C@H](N)C1CC1. The van der Waals surface area contributed by atoms with Crippen LogP contribution in [-0.2, 0) is 9.53 Å². The van der Waals surface area contributed by atoms with Crippen molar-refractivity contribution in [2.45, 2.75) is 44.3 Å². The first-order chi connectivity index (χ1) is 7.79. The number of carbonyl (C=O) groups excluding carboxylic acids is 1. The molecule has 0 bridgehead atoms. The van der Waals surface area contributed by atoms with E-state index in [1.807, 2.05) is 0 Å². The largest absolute Gasteiger partial charge is 0.522 e. The fraction of sp³-hybridized carbons (Fsp3) is 0.900. The highest BCUT2D eigenvalue weighted by Gasteiger charge is 2.48. The number of likely N-dealkylation sites (tertiary alicyclic amines) is 1. The molecule has 0 aromatic rings. The van der Waals surface area contributed by atoms with Gasteiger partial charge in [-0.3, -0.25) is 9.53 Å². The van der Waals surface area contributed by atoms with Gasteiger partial charge in [0.05, 0.1) is 12.1 Å². The molecular formula is C10H15F3N2O2. The van der Waals surface area contributed by atoms with Crippen molar-refractivity contribution in [1.82, 2.24) is 4.90 Å². The fourth-order valence-electron chi connectivity index (χ4n) is 2.02. The molecular weight excluding hydrogens is 237 g/mol. The molecule has 1 amide bonds. The van der Waals surface area contributed by atoms with Crippen molar-refractivity contribution in [3.63, 3.8) is 0 Å². The second kappa shape index (κ2) is 4.13. The van der Waals surface area contributed by atoms with Crippen molar-refractivity contribution in [3.05, 3.63) is 0 Å². The number of hydrogen-bond donors (Lipinski definition) is 1. The average molecular weight is 252 g/mol. The van der Waals surface area contributed by atoms with E-state index in [4.69, 9.17) is 5.73 Å². The molecule has 0 spiro atoms. The summed E-state index contributed by atoms with van der Waals surface area (Å²) in [7, 11) is 0. The molecule has 0 aromatic carbocycles. The maximum absolute atomic E-state index is 12.0. The highest BCUT2D eigenvalue weighted by atomic mass is 19.4. The van der Waals surface area contributed by atoms with Gasteiger partial charge in [0.1, 0.15) is 6.10 Å². The molecule has 98 valence electrons. The standard InChI is InChI=1S/C10H15F3N2O2/c1-5-7(17-10(11,12)13)4-15(5)9(16)8(14)6-2-3-6/h5-8H,2-4,14H2,1H3/t5-,7-,8+/m0/s1. The van der Waals surface area contributed by atoms with Gasteiger partial charge in [0.25, 0.3) is 0 Å². The van der Waals surface area contributed by atoms with Crippen molar-refractivity contribution in [2.75, 3.05) is 6.54 Å². The van der Waals surface area contributed by atoms with Gasteiger partial charge in [-0.2, -0.15) is 0 Å². The minimum Gasteiger partial charge on any atom is -0.333 e. The molecule has 0 radical (unpaired) electrons. The van der Waals surface area contributed by atoms with Gasteiger partial charge in [-0.1, -0.05) is 0 Å². The molecule has 1 aliphatic heterocycles. The van der Waals surface area contributed by atoms with Crippen LogP contribution in [0.1, 0.15) is 19.8 Å². The number of nitrogens with two attached hydrogens (primary N) is 1. The lowest BCUT2D eigenvalue weighted by molar-refractivity contribution is -0.359. The average Bonchev–Trinajstić information content (AvgIpc) is 3.03. The Morgan fingerprint density at radius 1 is 1.47 bits per heavy atom. The van der Waals surface area contributed by atoms with Crippen LogP contribution in [0.2, 0.25) is 0 Å². The second-order valence-electron chi connectivity index (χ2n) is 4.70. The number of carbonyl (C=O) groups is 1. The smallest absolute Gasteiger partial charge is 0.333 e. The van der Waals surface area contributed by atoms with E-state index in [-0.39, 0.29) is 18.4 Å². The van der Waals surface area contributed by atoms with Crippen LogP contribution in [0, 0.1) is 5.92 Å². The van der Waals surface area contributed by atoms with Crippen LogP contribution in [0.25, 0.3) is 0 Å². The zero-order valence-corrected chi connectivity index (χ0v) is 9.41. The number of alkyl halides is 3. The number of rotatable bonds is 3. The number of nitrogens with zero attached hydrogens (tertiary/aromatic N) is 1. The van der Waals surface area contributed by atoms with Crippen molar-refractivity contribution < 1.29 is 22.7 Å². The van der Waals surface area contributed by atoms with Crippen LogP contribution in [0.15, 0.2) is 0 Å². The normalized spacial score (nSPS) is 31.0. The third-order valence-electron chi connectivity index (χ3n) is 3.39. The lowest BCUT2D eigenvalue weighted by Crippen LogP contribution is -2.65. The topological polar surface area (TPSA) is 55.6 Å². The maximum Gasteiger partial charge on any atom is 0.522 e. The van der Waals surface area contributed by atoms with Crippen LogP contribution >= 0.6 is 0 Å². The maximum atomic E-state index is 12.0. The molecule has 0 aromatic heterocycles. The summed E-state index contributed by atoms with van der Waals surface area (Å²) in [6.45, 7) is 1.51. The summed E-state index contributed by atoms with van der Waals surface area (Å²) in [6, 6.07) is -1.13. The van der Waals surface area contributed by atoms with Gasteiger partial charge >= 0.3 is 6.36 Å². The van der Waals surface area contributed by atoms with Gasteiger partial charge in [0.2, 0.25) is 5.91 Å². The highest BCUT2D eigenvalue weighted by molar-refractivity contribution is 5.83. The molecule has 2 rings (SSSR count). The third-order valence-corrected chi connectivity index (χ3v) is 3.39. The first kappa shape index (κ1) is 12.6. The van der Waals surface area contributed by atoms with Crippen LogP contribution in [0.5, 0.6) is 0 Å². The van der Waals surface area contributed by atoms with E-state index in [1.54, 1.807) is 0 Å². The van der Waals surface area contributed by atoms with Gasteiger partial charge in [0.15, 0.2) is 0 Å². The summed E-state index contributed by atoms with van der Waals surface area (Å²) < 4.78 is 39.8. The molecule has 0 unspecified atom stereocenters. The summed E-state index contributed by atoms with van der Waals surface area (Å²) in [5.74, 6) is -0.0562. The highest BCUT2D eigenvalue weighted by Crippen LogP contribution is 2.35. The Hall–Kier alpha value is -0.820. The third kappa shape index (κ3) is 2.71. The minimum atomic E-state index is -4.65. The minimum absolute atomic E-state index is 0.0278. The van der Waals surface area contributed by atoms with Gasteiger partial charge < -0.3 is 10.6 Å². The lowest BCUT2D eigenvalue weighted by Gasteiger charge is -2.46. The first-order valence-corrected chi connectivity index (χ1v) is 5.60. The molecule has 4 nitrogen and oxygen atoms in total. The van der Waals surface area contributed by atoms with Gasteiger partial charge in [0, 0.05) is 6.54 Å². The zero-order chi connectivity index (χ0) is 12.8. The summed E-state index contributed by atoms with van der Waals surface area (Å²) >= 11 is 0. The Morgan fingerprint density at radius 3 is 2.47 bits per heavy atom. The van der Waals surface area contributed by atoms with E-state index in [2.05, 4.69) is 4.74 Å². The number of amides is 1. The Bertz CT molecular complexity index is 317. The molecule has 1 aliphatic carbocycles. The van der Waals surface area contributed by atoms with Crippen molar-refractivity contribution >= 4 is 5.91 Å². The Balaban J connectivity index is 1.84. The molecule has 17 heavy (non-hydrogen) atoms.